The van der Waals surface area contributed by atoms with E-state index >= 15 is 0 Å². The number of nitrogens with zero attached hydrogens (tertiary/aromatic N) is 1. The molecule has 1 amide bonds. The Balaban J connectivity index is 2.17. The van der Waals surface area contributed by atoms with Gasteiger partial charge in [-0.25, -0.2) is 14.2 Å². The number of nitrogens with one attached hydrogen (secondary N) is 1. The van der Waals surface area contributed by atoms with Crippen molar-refractivity contribution in [3.8, 4) is 0 Å². The highest BCUT2D eigenvalue weighted by Crippen LogP contribution is 2.21. The Bertz CT molecular complexity index is 674. The van der Waals surface area contributed by atoms with Gasteiger partial charge < -0.3 is 4.74 Å². The molecule has 2 aromatic rings. The van der Waals surface area contributed by atoms with Crippen molar-refractivity contribution in [3.05, 3.63) is 45.1 Å². The maximum absolute atomic E-state index is 13.5. The van der Waals surface area contributed by atoms with Crippen LogP contribution in [0.15, 0.2) is 28.9 Å². The zero-order chi connectivity index (χ0) is 14.7. The van der Waals surface area contributed by atoms with E-state index in [1.165, 1.54) is 31.5 Å². The average Bonchev–Trinajstić information content (AvgIpc) is 2.89. The van der Waals surface area contributed by atoms with Gasteiger partial charge in [0.25, 0.3) is 5.91 Å². The molecule has 1 aromatic heterocycles. The number of carbonyl (C=O) groups is 2. The number of carbonyl (C=O) groups excluding carboxylic acids is 2. The molecule has 0 fully saturated rings. The van der Waals surface area contributed by atoms with Crippen molar-refractivity contribution >= 4 is 44.3 Å². The number of aromatic nitrogens is 1. The van der Waals surface area contributed by atoms with E-state index in [-0.39, 0.29) is 15.6 Å². The van der Waals surface area contributed by atoms with Crippen LogP contribution in [0.1, 0.15) is 20.0 Å². The molecule has 0 unspecified atom stereocenters. The summed E-state index contributed by atoms with van der Waals surface area (Å²) in [6, 6.07) is 4.03. The molecule has 0 aliphatic rings. The number of benzene rings is 1. The van der Waals surface area contributed by atoms with Crippen LogP contribution < -0.4 is 5.32 Å². The van der Waals surface area contributed by atoms with Crippen molar-refractivity contribution in [2.24, 2.45) is 0 Å². The smallest absolute Gasteiger partial charge is 0.349 e. The Morgan fingerprint density at radius 2 is 2.20 bits per heavy atom. The summed E-state index contributed by atoms with van der Waals surface area (Å²) in [4.78, 5) is 27.3. The van der Waals surface area contributed by atoms with Gasteiger partial charge in [0, 0.05) is 4.47 Å². The van der Waals surface area contributed by atoms with E-state index < -0.39 is 17.7 Å². The fraction of sp³-hybridized carbons (Fsp3) is 0.0833. The highest BCUT2D eigenvalue weighted by atomic mass is 79.9. The monoisotopic (exact) mass is 358 g/mol. The molecule has 0 aliphatic carbocycles. The highest BCUT2D eigenvalue weighted by molar-refractivity contribution is 9.10. The molecule has 0 saturated heterocycles. The number of ether oxygens (including phenoxy) is 1. The van der Waals surface area contributed by atoms with Gasteiger partial charge in [0.2, 0.25) is 0 Å². The molecule has 104 valence electrons. The van der Waals surface area contributed by atoms with Gasteiger partial charge in [0.05, 0.1) is 18.9 Å². The van der Waals surface area contributed by atoms with Gasteiger partial charge in [-0.2, -0.15) is 0 Å². The van der Waals surface area contributed by atoms with Crippen molar-refractivity contribution < 1.29 is 18.7 Å². The van der Waals surface area contributed by atoms with Crippen LogP contribution in [0.25, 0.3) is 0 Å². The third-order valence-corrected chi connectivity index (χ3v) is 3.67. The topological polar surface area (TPSA) is 68.3 Å². The number of hydrogen-bond donors (Lipinski definition) is 1. The third-order valence-electron chi connectivity index (χ3n) is 2.29. The van der Waals surface area contributed by atoms with Gasteiger partial charge >= 0.3 is 5.97 Å². The van der Waals surface area contributed by atoms with Crippen LogP contribution in [0.5, 0.6) is 0 Å². The van der Waals surface area contributed by atoms with Crippen LogP contribution in [0.2, 0.25) is 0 Å². The molecule has 0 atom stereocenters. The van der Waals surface area contributed by atoms with E-state index in [2.05, 4.69) is 31.0 Å². The second-order valence-electron chi connectivity index (χ2n) is 3.60. The lowest BCUT2D eigenvalue weighted by molar-refractivity contribution is 0.0606. The predicted octanol–water partition coefficient (Wildman–Crippen LogP) is 3.08. The standard InChI is InChI=1S/C12H8BrFN2O3S/c1-19-11(18)9-5-15-12(20-9)16-10(17)7-4-6(13)2-3-8(7)14/h2-5H,1H3,(H,15,16,17). The first-order valence-corrected chi connectivity index (χ1v) is 6.92. The van der Waals surface area contributed by atoms with E-state index in [4.69, 9.17) is 0 Å². The summed E-state index contributed by atoms with van der Waals surface area (Å²) in [6.45, 7) is 0. The minimum absolute atomic E-state index is 0.116. The van der Waals surface area contributed by atoms with Gasteiger partial charge in [-0.05, 0) is 18.2 Å². The maximum atomic E-state index is 13.5. The van der Waals surface area contributed by atoms with Gasteiger partial charge in [-0.1, -0.05) is 27.3 Å². The molecule has 2 rings (SSSR count). The lowest BCUT2D eigenvalue weighted by Gasteiger charge is -2.03. The van der Waals surface area contributed by atoms with E-state index in [9.17, 15) is 14.0 Å². The van der Waals surface area contributed by atoms with Crippen molar-refractivity contribution in [2.45, 2.75) is 0 Å². The Kier molecular flexibility index (Phi) is 4.46. The summed E-state index contributed by atoms with van der Waals surface area (Å²) in [7, 11) is 1.25. The zero-order valence-electron chi connectivity index (χ0n) is 10.1. The Hall–Kier alpha value is -1.80. The third kappa shape index (κ3) is 3.20. The molecule has 5 nitrogen and oxygen atoms in total. The van der Waals surface area contributed by atoms with E-state index in [1.807, 2.05) is 0 Å². The summed E-state index contributed by atoms with van der Waals surface area (Å²) < 4.78 is 18.6. The summed E-state index contributed by atoms with van der Waals surface area (Å²) >= 11 is 4.11. The van der Waals surface area contributed by atoms with E-state index in [0.717, 1.165) is 11.3 Å². The van der Waals surface area contributed by atoms with Crippen LogP contribution in [0.4, 0.5) is 9.52 Å². The van der Waals surface area contributed by atoms with Crippen LogP contribution in [-0.4, -0.2) is 24.0 Å². The maximum Gasteiger partial charge on any atom is 0.349 e. The number of thiazole rings is 1. The summed E-state index contributed by atoms with van der Waals surface area (Å²) in [5.74, 6) is -1.83. The fourth-order valence-corrected chi connectivity index (χ4v) is 2.45. The lowest BCUT2D eigenvalue weighted by Crippen LogP contribution is -2.13. The number of esters is 1. The number of amides is 1. The summed E-state index contributed by atoms with van der Waals surface area (Å²) in [5, 5.41) is 2.62. The van der Waals surface area contributed by atoms with Gasteiger partial charge in [0.15, 0.2) is 5.13 Å². The van der Waals surface area contributed by atoms with Crippen LogP contribution >= 0.6 is 27.3 Å². The largest absolute Gasteiger partial charge is 0.465 e. The Morgan fingerprint density at radius 3 is 2.90 bits per heavy atom. The first-order chi connectivity index (χ1) is 9.51. The first kappa shape index (κ1) is 14.6. The number of halogens is 2. The number of hydrogen-bond acceptors (Lipinski definition) is 5. The molecule has 1 aromatic carbocycles. The highest BCUT2D eigenvalue weighted by Gasteiger charge is 2.16. The van der Waals surface area contributed by atoms with Crippen LogP contribution in [0, 0.1) is 5.82 Å². The second kappa shape index (κ2) is 6.10. The van der Waals surface area contributed by atoms with Crippen molar-refractivity contribution in [1.29, 1.82) is 0 Å². The zero-order valence-corrected chi connectivity index (χ0v) is 12.5. The minimum Gasteiger partial charge on any atom is -0.465 e. The molecule has 8 heteroatoms. The molecule has 0 saturated carbocycles. The summed E-state index contributed by atoms with van der Waals surface area (Å²) in [6.07, 6.45) is 1.28. The average molecular weight is 359 g/mol. The van der Waals surface area contributed by atoms with Crippen molar-refractivity contribution in [3.63, 3.8) is 0 Å². The molecule has 0 bridgehead atoms. The Morgan fingerprint density at radius 1 is 1.45 bits per heavy atom. The van der Waals surface area contributed by atoms with Crippen molar-refractivity contribution in [2.75, 3.05) is 12.4 Å². The number of rotatable bonds is 3. The van der Waals surface area contributed by atoms with Gasteiger partial charge in [-0.3, -0.25) is 10.1 Å². The van der Waals surface area contributed by atoms with Crippen molar-refractivity contribution in [1.82, 2.24) is 4.98 Å². The molecular formula is C12H8BrFN2O3S. The van der Waals surface area contributed by atoms with Gasteiger partial charge in [-0.15, -0.1) is 0 Å². The molecule has 20 heavy (non-hydrogen) atoms. The first-order valence-electron chi connectivity index (χ1n) is 5.32. The minimum atomic E-state index is -0.644. The molecular weight excluding hydrogens is 351 g/mol. The Labute approximate surface area is 125 Å². The molecule has 0 aliphatic heterocycles. The molecule has 0 spiro atoms. The second-order valence-corrected chi connectivity index (χ2v) is 5.55. The summed E-state index contributed by atoms with van der Waals surface area (Å²) in [5.41, 5.74) is -0.116. The quantitative estimate of drug-likeness (QED) is 0.856. The van der Waals surface area contributed by atoms with Gasteiger partial charge in [0.1, 0.15) is 10.7 Å². The molecule has 0 radical (unpaired) electrons. The lowest BCUT2D eigenvalue weighted by atomic mass is 10.2. The fourth-order valence-electron chi connectivity index (χ4n) is 1.36. The van der Waals surface area contributed by atoms with Crippen LogP contribution in [0.3, 0.4) is 0 Å². The SMILES string of the molecule is COC(=O)c1cnc(NC(=O)c2cc(Br)ccc2F)s1. The molecule has 1 heterocycles. The van der Waals surface area contributed by atoms with E-state index in [0.29, 0.717) is 4.47 Å². The molecule has 1 N–H and O–H groups in total. The predicted molar refractivity (Wildman–Crippen MR) is 75.5 cm³/mol. The number of anilines is 1. The number of methoxy groups -OCH3 is 1. The van der Waals surface area contributed by atoms with E-state index in [1.54, 1.807) is 0 Å². The van der Waals surface area contributed by atoms with Crippen LogP contribution in [-0.2, 0) is 4.74 Å². The normalized spacial score (nSPS) is 10.2.